The molecule has 4 heteroatoms. The highest BCUT2D eigenvalue weighted by Crippen LogP contribution is 2.32. The Hall–Kier alpha value is -0.740. The molecule has 3 nitrogen and oxygen atoms in total. The summed E-state index contributed by atoms with van der Waals surface area (Å²) in [4.78, 5) is 2.43. The van der Waals surface area contributed by atoms with Gasteiger partial charge in [-0.05, 0) is 47.4 Å². The maximum absolute atomic E-state index is 5.30. The number of hydrogen-bond acceptors (Lipinski definition) is 3. The summed E-state index contributed by atoms with van der Waals surface area (Å²) in [5.41, 5.74) is 1.24. The van der Waals surface area contributed by atoms with Crippen molar-refractivity contribution in [1.29, 1.82) is 0 Å². The van der Waals surface area contributed by atoms with E-state index >= 15 is 0 Å². The van der Waals surface area contributed by atoms with Crippen molar-refractivity contribution in [2.24, 2.45) is 0 Å². The Bertz CT molecular complexity index is 389. The lowest BCUT2D eigenvalue weighted by Crippen LogP contribution is -2.42. The van der Waals surface area contributed by atoms with Crippen LogP contribution in [0.2, 0.25) is 0 Å². The predicted octanol–water partition coefficient (Wildman–Crippen LogP) is 3.04. The fourth-order valence-corrected chi connectivity index (χ4v) is 2.97. The van der Waals surface area contributed by atoms with Crippen molar-refractivity contribution in [1.82, 2.24) is 5.32 Å². The number of rotatable bonds is 4. The van der Waals surface area contributed by atoms with Gasteiger partial charge in [0.05, 0.1) is 12.8 Å². The van der Waals surface area contributed by atoms with Crippen LogP contribution in [0.1, 0.15) is 19.8 Å². The highest BCUT2D eigenvalue weighted by atomic mass is 79.9. The molecule has 1 aromatic carbocycles. The number of ether oxygens (including phenoxy) is 1. The van der Waals surface area contributed by atoms with Crippen LogP contribution < -0.4 is 15.0 Å². The first-order chi connectivity index (χ1) is 8.74. The van der Waals surface area contributed by atoms with Crippen molar-refractivity contribution < 1.29 is 4.74 Å². The van der Waals surface area contributed by atoms with Crippen molar-refractivity contribution in [3.63, 3.8) is 0 Å². The van der Waals surface area contributed by atoms with Crippen LogP contribution in [0.4, 0.5) is 5.69 Å². The van der Waals surface area contributed by atoms with Crippen molar-refractivity contribution in [2.75, 3.05) is 31.6 Å². The fraction of sp³-hybridized carbons (Fsp3) is 0.571. The molecule has 0 amide bonds. The molecule has 0 spiro atoms. The maximum atomic E-state index is 5.30. The number of methoxy groups -OCH3 is 1. The van der Waals surface area contributed by atoms with Gasteiger partial charge in [0.25, 0.3) is 0 Å². The molecule has 0 unspecified atom stereocenters. The summed E-state index contributed by atoms with van der Waals surface area (Å²) in [6.45, 7) is 5.44. The number of hydrogen-bond donors (Lipinski definition) is 1. The van der Waals surface area contributed by atoms with Gasteiger partial charge >= 0.3 is 0 Å². The van der Waals surface area contributed by atoms with Gasteiger partial charge in [-0.15, -0.1) is 0 Å². The molecule has 0 bridgehead atoms. The van der Waals surface area contributed by atoms with E-state index in [1.165, 1.54) is 18.5 Å². The molecule has 1 aromatic rings. The molecular formula is C14H21BrN2O. The molecule has 100 valence electrons. The normalized spacial score (nSPS) is 16.9. The van der Waals surface area contributed by atoms with E-state index in [1.807, 2.05) is 6.07 Å². The van der Waals surface area contributed by atoms with E-state index in [0.717, 1.165) is 29.9 Å². The molecule has 18 heavy (non-hydrogen) atoms. The predicted molar refractivity (Wildman–Crippen MR) is 79.6 cm³/mol. The van der Waals surface area contributed by atoms with E-state index in [1.54, 1.807) is 7.11 Å². The zero-order chi connectivity index (χ0) is 13.0. The third kappa shape index (κ3) is 3.18. The van der Waals surface area contributed by atoms with E-state index in [2.05, 4.69) is 45.2 Å². The van der Waals surface area contributed by atoms with E-state index in [0.29, 0.717) is 6.04 Å². The van der Waals surface area contributed by atoms with Crippen molar-refractivity contribution in [2.45, 2.75) is 25.8 Å². The van der Waals surface area contributed by atoms with E-state index in [9.17, 15) is 0 Å². The van der Waals surface area contributed by atoms with Crippen molar-refractivity contribution >= 4 is 21.6 Å². The molecule has 0 aromatic heterocycles. The summed E-state index contributed by atoms with van der Waals surface area (Å²) >= 11 is 3.63. The molecule has 2 rings (SSSR count). The fourth-order valence-electron chi connectivity index (χ4n) is 2.47. The quantitative estimate of drug-likeness (QED) is 0.925. The lowest BCUT2D eigenvalue weighted by molar-refractivity contribution is 0.412. The Morgan fingerprint density at radius 3 is 2.72 bits per heavy atom. The molecule has 0 saturated carbocycles. The van der Waals surface area contributed by atoms with Crippen LogP contribution in [0.5, 0.6) is 5.75 Å². The molecule has 1 aliphatic heterocycles. The van der Waals surface area contributed by atoms with E-state index in [4.69, 9.17) is 4.74 Å². The third-order valence-electron chi connectivity index (χ3n) is 3.48. The molecule has 1 heterocycles. The largest absolute Gasteiger partial charge is 0.497 e. The summed E-state index contributed by atoms with van der Waals surface area (Å²) < 4.78 is 6.44. The molecule has 1 saturated heterocycles. The average molecular weight is 313 g/mol. The van der Waals surface area contributed by atoms with Gasteiger partial charge in [-0.3, -0.25) is 0 Å². The molecule has 1 fully saturated rings. The first kappa shape index (κ1) is 13.7. The number of halogens is 1. The van der Waals surface area contributed by atoms with Crippen LogP contribution in [0, 0.1) is 0 Å². The van der Waals surface area contributed by atoms with Gasteiger partial charge in [-0.2, -0.15) is 0 Å². The SMILES string of the molecule is CCNC1CCN(c2cc(OC)ccc2Br)CC1. The third-order valence-corrected chi connectivity index (χ3v) is 4.15. The summed E-state index contributed by atoms with van der Waals surface area (Å²) in [6, 6.07) is 6.83. The standard InChI is InChI=1S/C14H21BrN2O/c1-3-16-11-6-8-17(9-7-11)14-10-12(18-2)4-5-13(14)15/h4-5,10-11,16H,3,6-9H2,1-2H3. The topological polar surface area (TPSA) is 24.5 Å². The summed E-state index contributed by atoms with van der Waals surface area (Å²) in [5.74, 6) is 0.919. The Balaban J connectivity index is 2.04. The number of nitrogens with one attached hydrogen (secondary N) is 1. The first-order valence-corrected chi connectivity index (χ1v) is 7.35. The van der Waals surface area contributed by atoms with Gasteiger partial charge in [0.2, 0.25) is 0 Å². The highest BCUT2D eigenvalue weighted by Gasteiger charge is 2.20. The molecular weight excluding hydrogens is 292 g/mol. The zero-order valence-electron chi connectivity index (χ0n) is 11.1. The Labute approximate surface area is 118 Å². The van der Waals surface area contributed by atoms with Gasteiger partial charge in [0.15, 0.2) is 0 Å². The number of anilines is 1. The average Bonchev–Trinajstić information content (AvgIpc) is 2.41. The second-order valence-electron chi connectivity index (χ2n) is 4.64. The van der Waals surface area contributed by atoms with Crippen LogP contribution in [0.25, 0.3) is 0 Å². The first-order valence-electron chi connectivity index (χ1n) is 6.56. The Morgan fingerprint density at radius 1 is 1.39 bits per heavy atom. The van der Waals surface area contributed by atoms with E-state index in [-0.39, 0.29) is 0 Å². The van der Waals surface area contributed by atoms with Gasteiger partial charge < -0.3 is 15.0 Å². The zero-order valence-corrected chi connectivity index (χ0v) is 12.7. The highest BCUT2D eigenvalue weighted by molar-refractivity contribution is 9.10. The molecule has 0 aliphatic carbocycles. The van der Waals surface area contributed by atoms with E-state index < -0.39 is 0 Å². The minimum Gasteiger partial charge on any atom is -0.497 e. The van der Waals surface area contributed by atoms with Crippen LogP contribution in [-0.2, 0) is 0 Å². The smallest absolute Gasteiger partial charge is 0.121 e. The van der Waals surface area contributed by atoms with Gasteiger partial charge in [0.1, 0.15) is 5.75 Å². The summed E-state index contributed by atoms with van der Waals surface area (Å²) in [7, 11) is 1.71. The van der Waals surface area contributed by atoms with Gasteiger partial charge in [-0.25, -0.2) is 0 Å². The summed E-state index contributed by atoms with van der Waals surface area (Å²) in [6.07, 6.45) is 2.41. The van der Waals surface area contributed by atoms with Crippen LogP contribution in [0.3, 0.4) is 0 Å². The molecule has 0 radical (unpaired) electrons. The number of piperidine rings is 1. The number of benzene rings is 1. The van der Waals surface area contributed by atoms with Gasteiger partial charge in [-0.1, -0.05) is 6.92 Å². The van der Waals surface area contributed by atoms with Crippen molar-refractivity contribution in [3.8, 4) is 5.75 Å². The Kier molecular flexibility index (Phi) is 4.89. The van der Waals surface area contributed by atoms with Crippen LogP contribution in [-0.4, -0.2) is 32.8 Å². The molecule has 1 aliphatic rings. The second kappa shape index (κ2) is 6.43. The minimum atomic E-state index is 0.677. The number of nitrogens with zero attached hydrogens (tertiary/aromatic N) is 1. The second-order valence-corrected chi connectivity index (χ2v) is 5.49. The minimum absolute atomic E-state index is 0.677. The molecule has 1 N–H and O–H groups in total. The Morgan fingerprint density at radius 2 is 2.11 bits per heavy atom. The monoisotopic (exact) mass is 312 g/mol. The lowest BCUT2D eigenvalue weighted by Gasteiger charge is -2.34. The lowest BCUT2D eigenvalue weighted by atomic mass is 10.0. The van der Waals surface area contributed by atoms with Crippen molar-refractivity contribution in [3.05, 3.63) is 22.7 Å². The molecule has 0 atom stereocenters. The summed E-state index contributed by atoms with van der Waals surface area (Å²) in [5, 5.41) is 3.53. The van der Waals surface area contributed by atoms with Gasteiger partial charge in [0, 0.05) is 29.7 Å². The van der Waals surface area contributed by atoms with Crippen LogP contribution in [0.15, 0.2) is 22.7 Å². The van der Waals surface area contributed by atoms with Crippen LogP contribution >= 0.6 is 15.9 Å². The maximum Gasteiger partial charge on any atom is 0.121 e.